The molecule has 16 heavy (non-hydrogen) atoms. The summed E-state index contributed by atoms with van der Waals surface area (Å²) in [6.07, 6.45) is 0. The Balaban J connectivity index is 3.81. The minimum absolute atomic E-state index is 0.00211. The van der Waals surface area contributed by atoms with Crippen LogP contribution in [-0.4, -0.2) is 35.6 Å². The molecule has 0 saturated carbocycles. The van der Waals surface area contributed by atoms with Crippen LogP contribution in [0.4, 0.5) is 0 Å². The molecule has 0 aliphatic rings. The summed E-state index contributed by atoms with van der Waals surface area (Å²) in [6, 6.07) is 0. The minimum Gasteiger partial charge on any atom is -0.381 e. The zero-order valence-electron chi connectivity index (χ0n) is 9.76. The van der Waals surface area contributed by atoms with E-state index in [4.69, 9.17) is 9.63 Å². The fraction of sp³-hybridized carbons (Fsp3) is 0.889. The Morgan fingerprint density at radius 2 is 2.12 bits per heavy atom. The molecule has 0 spiro atoms. The smallest absolute Gasteiger partial charge is 0.381 e. The van der Waals surface area contributed by atoms with Gasteiger partial charge in [0.2, 0.25) is 0 Å². The summed E-state index contributed by atoms with van der Waals surface area (Å²) in [5.41, 5.74) is -0.540. The van der Waals surface area contributed by atoms with E-state index in [0.717, 1.165) is 11.8 Å². The zero-order valence-corrected chi connectivity index (χ0v) is 11.5. The second kappa shape index (κ2) is 8.14. The highest BCUT2D eigenvalue weighted by molar-refractivity contribution is 8.13. The van der Waals surface area contributed by atoms with E-state index in [1.807, 2.05) is 20.8 Å². The van der Waals surface area contributed by atoms with E-state index in [1.54, 1.807) is 0 Å². The van der Waals surface area contributed by atoms with Gasteiger partial charge in [-0.1, -0.05) is 11.8 Å². The summed E-state index contributed by atoms with van der Waals surface area (Å²) in [7, 11) is -2.57. The number of rotatable bonds is 8. The quantitative estimate of drug-likeness (QED) is 0.536. The third-order valence-corrected chi connectivity index (χ3v) is 3.33. The van der Waals surface area contributed by atoms with Crippen LogP contribution in [-0.2, 0) is 18.6 Å². The summed E-state index contributed by atoms with van der Waals surface area (Å²) in [4.78, 5) is 20.1. The van der Waals surface area contributed by atoms with Crippen molar-refractivity contribution in [3.8, 4) is 0 Å². The van der Waals surface area contributed by atoms with Crippen molar-refractivity contribution in [1.82, 2.24) is 0 Å². The predicted octanol–water partition coefficient (Wildman–Crippen LogP) is 1.98. The standard InChI is InChI=1S/C9H17O5PS/c1-4-13-7-9(2,3)8(10)16-6-5-14-15(11)12/h4-7H2,1-3H3/p+1. The van der Waals surface area contributed by atoms with E-state index < -0.39 is 13.7 Å². The molecule has 0 saturated heterocycles. The second-order valence-corrected chi connectivity index (χ2v) is 5.53. The molecular formula is C9H18O5PS+. The predicted molar refractivity (Wildman–Crippen MR) is 63.5 cm³/mol. The topological polar surface area (TPSA) is 72.8 Å². The third kappa shape index (κ3) is 7.30. The first-order valence-electron chi connectivity index (χ1n) is 4.94. The Labute approximate surface area is 101 Å². The monoisotopic (exact) mass is 269 g/mol. The highest BCUT2D eigenvalue weighted by Crippen LogP contribution is 2.25. The lowest BCUT2D eigenvalue weighted by Gasteiger charge is -2.21. The van der Waals surface area contributed by atoms with Gasteiger partial charge in [-0.15, -0.1) is 9.42 Å². The zero-order chi connectivity index (χ0) is 12.6. The Hall–Kier alpha value is -0.0000000000000000486. The van der Waals surface area contributed by atoms with Crippen molar-refractivity contribution in [3.63, 3.8) is 0 Å². The largest absolute Gasteiger partial charge is 0.694 e. The number of ether oxygens (including phenoxy) is 1. The SMILES string of the molecule is CCOCC(C)(C)C(=O)SCCO[P+](=O)O. The van der Waals surface area contributed by atoms with Gasteiger partial charge in [0.25, 0.3) is 0 Å². The molecule has 1 atom stereocenters. The van der Waals surface area contributed by atoms with Crippen LogP contribution in [0.15, 0.2) is 0 Å². The summed E-state index contributed by atoms with van der Waals surface area (Å²) in [5, 5.41) is -0.00211. The summed E-state index contributed by atoms with van der Waals surface area (Å²) in [5.74, 6) is 0.371. The van der Waals surface area contributed by atoms with Crippen molar-refractivity contribution >= 4 is 25.1 Å². The van der Waals surface area contributed by atoms with Crippen molar-refractivity contribution in [1.29, 1.82) is 0 Å². The number of hydrogen-bond acceptors (Lipinski definition) is 5. The molecule has 5 nitrogen and oxygen atoms in total. The summed E-state index contributed by atoms with van der Waals surface area (Å²) < 4.78 is 19.9. The normalized spacial score (nSPS) is 12.6. The fourth-order valence-corrected chi connectivity index (χ4v) is 2.03. The molecule has 0 aliphatic carbocycles. The summed E-state index contributed by atoms with van der Waals surface area (Å²) >= 11 is 1.09. The van der Waals surface area contributed by atoms with Gasteiger partial charge in [-0.2, -0.15) is 0 Å². The van der Waals surface area contributed by atoms with Gasteiger partial charge in [-0.25, -0.2) is 0 Å². The van der Waals surface area contributed by atoms with E-state index >= 15 is 0 Å². The fourth-order valence-electron chi connectivity index (χ4n) is 0.861. The average molecular weight is 269 g/mol. The Morgan fingerprint density at radius 3 is 2.62 bits per heavy atom. The van der Waals surface area contributed by atoms with Crippen LogP contribution in [0.25, 0.3) is 0 Å². The molecular weight excluding hydrogens is 251 g/mol. The van der Waals surface area contributed by atoms with Gasteiger partial charge in [-0.3, -0.25) is 4.79 Å². The molecule has 0 amide bonds. The first-order valence-corrected chi connectivity index (χ1v) is 7.05. The molecule has 0 aliphatic heterocycles. The molecule has 0 heterocycles. The van der Waals surface area contributed by atoms with Crippen molar-refractivity contribution in [2.45, 2.75) is 20.8 Å². The van der Waals surface area contributed by atoms with Crippen LogP contribution in [0, 0.1) is 5.41 Å². The van der Waals surface area contributed by atoms with Crippen molar-refractivity contribution in [2.75, 3.05) is 25.6 Å². The first kappa shape index (κ1) is 16.0. The van der Waals surface area contributed by atoms with Crippen molar-refractivity contribution in [3.05, 3.63) is 0 Å². The number of hydrogen-bond donors (Lipinski definition) is 1. The van der Waals surface area contributed by atoms with E-state index in [0.29, 0.717) is 19.0 Å². The van der Waals surface area contributed by atoms with E-state index in [1.165, 1.54) is 0 Å². The first-order chi connectivity index (χ1) is 7.40. The van der Waals surface area contributed by atoms with Crippen molar-refractivity contribution < 1.29 is 23.5 Å². The molecule has 0 aromatic carbocycles. The van der Waals surface area contributed by atoms with E-state index in [2.05, 4.69) is 4.52 Å². The number of carbonyl (C=O) groups excluding carboxylic acids is 1. The number of carbonyl (C=O) groups is 1. The molecule has 94 valence electrons. The molecule has 0 fully saturated rings. The lowest BCUT2D eigenvalue weighted by atomic mass is 9.97. The van der Waals surface area contributed by atoms with Crippen LogP contribution in [0.5, 0.6) is 0 Å². The molecule has 7 heteroatoms. The second-order valence-electron chi connectivity index (χ2n) is 3.73. The van der Waals surface area contributed by atoms with Gasteiger partial charge in [0.1, 0.15) is 6.61 Å². The maximum absolute atomic E-state index is 11.7. The molecule has 1 N–H and O–H groups in total. The van der Waals surface area contributed by atoms with Crippen LogP contribution < -0.4 is 0 Å². The van der Waals surface area contributed by atoms with Gasteiger partial charge in [-0.05, 0) is 20.8 Å². The number of thioether (sulfide) groups is 1. The third-order valence-electron chi connectivity index (χ3n) is 1.74. The van der Waals surface area contributed by atoms with Gasteiger partial charge in [0.15, 0.2) is 5.12 Å². The van der Waals surface area contributed by atoms with Crippen molar-refractivity contribution in [2.24, 2.45) is 5.41 Å². The van der Waals surface area contributed by atoms with Crippen LogP contribution in [0.1, 0.15) is 20.8 Å². The maximum Gasteiger partial charge on any atom is 0.694 e. The summed E-state index contributed by atoms with van der Waals surface area (Å²) in [6.45, 7) is 6.54. The van der Waals surface area contributed by atoms with E-state index in [9.17, 15) is 9.36 Å². The Kier molecular flexibility index (Phi) is 8.14. The van der Waals surface area contributed by atoms with Gasteiger partial charge in [0.05, 0.1) is 12.0 Å². The molecule has 0 aromatic heterocycles. The highest BCUT2D eigenvalue weighted by atomic mass is 32.2. The van der Waals surface area contributed by atoms with Crippen LogP contribution in [0.2, 0.25) is 0 Å². The molecule has 0 aromatic rings. The molecule has 0 radical (unpaired) electrons. The lowest BCUT2D eigenvalue weighted by Crippen LogP contribution is -2.28. The maximum atomic E-state index is 11.7. The Morgan fingerprint density at radius 1 is 1.50 bits per heavy atom. The minimum atomic E-state index is -2.57. The van der Waals surface area contributed by atoms with Gasteiger partial charge in [0, 0.05) is 16.9 Å². The molecule has 0 rings (SSSR count). The lowest BCUT2D eigenvalue weighted by molar-refractivity contribution is -0.121. The molecule has 0 bridgehead atoms. The average Bonchev–Trinajstić information content (AvgIpc) is 2.20. The highest BCUT2D eigenvalue weighted by Gasteiger charge is 2.28. The van der Waals surface area contributed by atoms with Crippen LogP contribution >= 0.6 is 20.0 Å². The Bertz CT molecular complexity index is 244. The van der Waals surface area contributed by atoms with Gasteiger partial charge < -0.3 is 4.74 Å². The van der Waals surface area contributed by atoms with E-state index in [-0.39, 0.29) is 11.7 Å². The molecule has 1 unspecified atom stereocenters. The van der Waals surface area contributed by atoms with Gasteiger partial charge >= 0.3 is 8.25 Å². The van der Waals surface area contributed by atoms with Crippen LogP contribution in [0.3, 0.4) is 0 Å².